The van der Waals surface area contributed by atoms with Crippen molar-refractivity contribution in [3.05, 3.63) is 65.7 Å². The zero-order chi connectivity index (χ0) is 19.7. The van der Waals surface area contributed by atoms with Gasteiger partial charge in [0.2, 0.25) is 0 Å². The Labute approximate surface area is 161 Å². The number of ether oxygens (including phenoxy) is 1. The van der Waals surface area contributed by atoms with Gasteiger partial charge in [-0.2, -0.15) is 0 Å². The lowest BCUT2D eigenvalue weighted by molar-refractivity contribution is -0.135. The summed E-state index contributed by atoms with van der Waals surface area (Å²) in [6.07, 6.45) is 1.69. The van der Waals surface area contributed by atoms with E-state index >= 15 is 0 Å². The van der Waals surface area contributed by atoms with Crippen molar-refractivity contribution in [2.75, 3.05) is 13.2 Å². The highest BCUT2D eigenvalue weighted by Gasteiger charge is 2.47. The molecule has 2 bridgehead atoms. The van der Waals surface area contributed by atoms with E-state index in [4.69, 9.17) is 4.74 Å². The summed E-state index contributed by atoms with van der Waals surface area (Å²) in [6.45, 7) is 0.371. The third-order valence-corrected chi connectivity index (χ3v) is 5.41. The van der Waals surface area contributed by atoms with Crippen molar-refractivity contribution in [2.45, 2.75) is 24.9 Å². The molecule has 4 rings (SSSR count). The van der Waals surface area contributed by atoms with Crippen molar-refractivity contribution in [3.8, 4) is 5.75 Å². The van der Waals surface area contributed by atoms with E-state index in [9.17, 15) is 18.4 Å². The zero-order valence-corrected chi connectivity index (χ0v) is 15.1. The molecule has 146 valence electrons. The first-order valence-corrected chi connectivity index (χ1v) is 9.24. The third-order valence-electron chi connectivity index (χ3n) is 5.41. The summed E-state index contributed by atoms with van der Waals surface area (Å²) in [5.41, 5.74) is 0.588. The number of carbonyl (C=O) groups excluding carboxylic acids is 2. The van der Waals surface area contributed by atoms with Gasteiger partial charge >= 0.3 is 0 Å². The normalized spacial score (nSPS) is 22.9. The smallest absolute Gasteiger partial charge is 0.260 e. The second kappa shape index (κ2) is 7.58. The van der Waals surface area contributed by atoms with Crippen LogP contribution in [0.1, 0.15) is 23.2 Å². The summed E-state index contributed by atoms with van der Waals surface area (Å²) in [4.78, 5) is 26.7. The minimum absolute atomic E-state index is 0.0706. The molecule has 1 aliphatic carbocycles. The van der Waals surface area contributed by atoms with E-state index in [1.54, 1.807) is 29.2 Å². The number of fused-ring (bicyclic) bond motifs is 2. The second-order valence-corrected chi connectivity index (χ2v) is 7.26. The number of hydrogen-bond donors (Lipinski definition) is 1. The van der Waals surface area contributed by atoms with Gasteiger partial charge in [0.15, 0.2) is 18.2 Å². The van der Waals surface area contributed by atoms with Gasteiger partial charge in [-0.1, -0.05) is 18.2 Å². The Hall–Kier alpha value is -2.96. The van der Waals surface area contributed by atoms with E-state index in [0.29, 0.717) is 18.0 Å². The molecule has 0 radical (unpaired) electrons. The molecule has 1 heterocycles. The monoisotopic (exact) mass is 386 g/mol. The summed E-state index contributed by atoms with van der Waals surface area (Å²) >= 11 is 0. The summed E-state index contributed by atoms with van der Waals surface area (Å²) in [5, 5.41) is 3.03. The molecular formula is C21H20F2N2O3. The van der Waals surface area contributed by atoms with Crippen LogP contribution in [-0.4, -0.2) is 41.9 Å². The molecule has 2 aliphatic rings. The third kappa shape index (κ3) is 3.69. The average Bonchev–Trinajstić information content (AvgIpc) is 3.30. The van der Waals surface area contributed by atoms with Crippen molar-refractivity contribution < 1.29 is 23.1 Å². The van der Waals surface area contributed by atoms with Gasteiger partial charge in [-0.25, -0.2) is 8.78 Å². The number of benzene rings is 2. The minimum atomic E-state index is -1.02. The lowest BCUT2D eigenvalue weighted by atomic mass is 10.0. The molecule has 28 heavy (non-hydrogen) atoms. The SMILES string of the molecule is O=C(N[C@H]1C[C@@H]2C[C@H]1N(C(=O)COc1ccc(F)c(F)c1)C2)c1ccccc1. The van der Waals surface area contributed by atoms with E-state index in [-0.39, 0.29) is 36.3 Å². The molecule has 2 aromatic carbocycles. The molecule has 1 saturated carbocycles. The van der Waals surface area contributed by atoms with Crippen LogP contribution in [0.4, 0.5) is 8.78 Å². The first-order valence-electron chi connectivity index (χ1n) is 9.24. The van der Waals surface area contributed by atoms with Crippen LogP contribution in [0.2, 0.25) is 0 Å². The molecule has 0 aromatic heterocycles. The maximum atomic E-state index is 13.2. The number of halogens is 2. The highest BCUT2D eigenvalue weighted by atomic mass is 19.2. The number of hydrogen-bond acceptors (Lipinski definition) is 3. The molecule has 0 unspecified atom stereocenters. The molecule has 0 spiro atoms. The maximum Gasteiger partial charge on any atom is 0.260 e. The quantitative estimate of drug-likeness (QED) is 0.860. The number of amides is 2. The largest absolute Gasteiger partial charge is 0.484 e. The second-order valence-electron chi connectivity index (χ2n) is 7.26. The van der Waals surface area contributed by atoms with Crippen LogP contribution in [0.15, 0.2) is 48.5 Å². The topological polar surface area (TPSA) is 58.6 Å². The molecule has 7 heteroatoms. The van der Waals surface area contributed by atoms with Gasteiger partial charge < -0.3 is 15.0 Å². The Morgan fingerprint density at radius 3 is 2.57 bits per heavy atom. The molecule has 5 nitrogen and oxygen atoms in total. The van der Waals surface area contributed by atoms with Gasteiger partial charge in [0.25, 0.3) is 11.8 Å². The fourth-order valence-corrected chi connectivity index (χ4v) is 4.10. The predicted octanol–water partition coefficient (Wildman–Crippen LogP) is 2.76. The van der Waals surface area contributed by atoms with Crippen LogP contribution in [0.3, 0.4) is 0 Å². The highest BCUT2D eigenvalue weighted by Crippen LogP contribution is 2.38. The van der Waals surface area contributed by atoms with E-state index < -0.39 is 11.6 Å². The fourth-order valence-electron chi connectivity index (χ4n) is 4.10. The molecule has 1 N–H and O–H groups in total. The van der Waals surface area contributed by atoms with Crippen molar-refractivity contribution in [2.24, 2.45) is 5.92 Å². The van der Waals surface area contributed by atoms with E-state index in [1.807, 2.05) is 6.07 Å². The van der Waals surface area contributed by atoms with E-state index in [2.05, 4.69) is 5.32 Å². The van der Waals surface area contributed by atoms with Crippen LogP contribution in [-0.2, 0) is 4.79 Å². The molecule has 1 aliphatic heterocycles. The number of carbonyl (C=O) groups is 2. The van der Waals surface area contributed by atoms with Gasteiger partial charge in [-0.3, -0.25) is 9.59 Å². The summed E-state index contributed by atoms with van der Waals surface area (Å²) < 4.78 is 31.5. The van der Waals surface area contributed by atoms with Gasteiger partial charge in [0, 0.05) is 24.2 Å². The number of likely N-dealkylation sites (tertiary alicyclic amines) is 1. The molecule has 2 fully saturated rings. The lowest BCUT2D eigenvalue weighted by Crippen LogP contribution is -2.52. The van der Waals surface area contributed by atoms with Crippen molar-refractivity contribution in [1.82, 2.24) is 10.2 Å². The first kappa shape index (κ1) is 18.4. The van der Waals surface area contributed by atoms with E-state index in [1.165, 1.54) is 6.07 Å². The van der Waals surface area contributed by atoms with Gasteiger partial charge in [-0.05, 0) is 43.0 Å². The molecule has 1 saturated heterocycles. The highest BCUT2D eigenvalue weighted by molar-refractivity contribution is 5.94. The van der Waals surface area contributed by atoms with Crippen molar-refractivity contribution in [1.29, 1.82) is 0 Å². The minimum Gasteiger partial charge on any atom is -0.484 e. The molecular weight excluding hydrogens is 366 g/mol. The average molecular weight is 386 g/mol. The Bertz CT molecular complexity index is 890. The molecule has 2 amide bonds. The summed E-state index contributed by atoms with van der Waals surface area (Å²) in [6, 6.07) is 12.0. The predicted molar refractivity (Wildman–Crippen MR) is 97.8 cm³/mol. The number of rotatable bonds is 5. The Morgan fingerprint density at radius 1 is 1.07 bits per heavy atom. The fraction of sp³-hybridized carbons (Fsp3) is 0.333. The molecule has 3 atom stereocenters. The van der Waals surface area contributed by atoms with Crippen LogP contribution < -0.4 is 10.1 Å². The zero-order valence-electron chi connectivity index (χ0n) is 15.1. The summed E-state index contributed by atoms with van der Waals surface area (Å²) in [5.74, 6) is -1.91. The maximum absolute atomic E-state index is 13.2. The number of nitrogens with one attached hydrogen (secondary N) is 1. The van der Waals surface area contributed by atoms with Crippen LogP contribution in [0.25, 0.3) is 0 Å². The Morgan fingerprint density at radius 2 is 1.86 bits per heavy atom. The van der Waals surface area contributed by atoms with Crippen LogP contribution >= 0.6 is 0 Å². The Kier molecular flexibility index (Phi) is 4.98. The van der Waals surface area contributed by atoms with Gasteiger partial charge in [-0.15, -0.1) is 0 Å². The van der Waals surface area contributed by atoms with E-state index in [0.717, 1.165) is 25.0 Å². The van der Waals surface area contributed by atoms with Crippen LogP contribution in [0.5, 0.6) is 5.75 Å². The first-order chi connectivity index (χ1) is 13.5. The number of piperidine rings is 1. The number of nitrogens with zero attached hydrogens (tertiary/aromatic N) is 1. The standard InChI is InChI=1S/C21H20F2N2O3/c22-16-7-6-15(10-17(16)23)28-12-20(26)25-11-13-8-18(19(25)9-13)24-21(27)14-4-2-1-3-5-14/h1-7,10,13,18-19H,8-9,11-12H2,(H,24,27)/t13-,18+,19-/m1/s1. The Balaban J connectivity index is 1.35. The van der Waals surface area contributed by atoms with Gasteiger partial charge in [0.05, 0.1) is 6.04 Å². The van der Waals surface area contributed by atoms with Crippen LogP contribution in [0, 0.1) is 17.6 Å². The molecule has 2 aromatic rings. The van der Waals surface area contributed by atoms with Crippen molar-refractivity contribution >= 4 is 11.8 Å². The van der Waals surface area contributed by atoms with Gasteiger partial charge in [0.1, 0.15) is 5.75 Å². The summed E-state index contributed by atoms with van der Waals surface area (Å²) in [7, 11) is 0. The van der Waals surface area contributed by atoms with Crippen molar-refractivity contribution in [3.63, 3.8) is 0 Å². The lowest BCUT2D eigenvalue weighted by Gasteiger charge is -2.33.